The third kappa shape index (κ3) is 2.43. The fraction of sp³-hybridized carbons (Fsp3) is 0.438. The smallest absolute Gasteiger partial charge is 0.268 e. The number of para-hydroxylation sites is 1. The van der Waals surface area contributed by atoms with E-state index in [-0.39, 0.29) is 11.9 Å². The van der Waals surface area contributed by atoms with Gasteiger partial charge >= 0.3 is 0 Å². The van der Waals surface area contributed by atoms with Crippen LogP contribution < -0.4 is 11.1 Å². The third-order valence-electron chi connectivity index (χ3n) is 4.29. The number of nitrogens with zero attached hydrogens (tertiary/aromatic N) is 1. The van der Waals surface area contributed by atoms with Crippen LogP contribution in [-0.2, 0) is 7.05 Å². The molecule has 3 N–H and O–H groups in total. The van der Waals surface area contributed by atoms with E-state index in [2.05, 4.69) is 5.32 Å². The predicted octanol–water partition coefficient (Wildman–Crippen LogP) is 2.18. The molecule has 1 aliphatic rings. The molecule has 1 heterocycles. The first-order chi connectivity index (χ1) is 9.65. The monoisotopic (exact) mass is 271 g/mol. The standard InChI is InChI=1S/C16H21N3O/c1-19-14-5-3-2-4-11(14)10-15(19)16(20)18-13-8-6-12(17)7-9-13/h2-5,10,12-13H,6-9,17H2,1H3,(H,18,20)/t12-,13-. The number of fused-ring (bicyclic) bond motifs is 1. The van der Waals surface area contributed by atoms with E-state index in [9.17, 15) is 4.79 Å². The maximum atomic E-state index is 12.4. The number of carbonyl (C=O) groups is 1. The van der Waals surface area contributed by atoms with E-state index in [0.717, 1.165) is 42.3 Å². The van der Waals surface area contributed by atoms with Crippen molar-refractivity contribution in [3.8, 4) is 0 Å². The number of benzene rings is 1. The highest BCUT2D eigenvalue weighted by molar-refractivity contribution is 5.98. The van der Waals surface area contributed by atoms with Crippen molar-refractivity contribution in [3.05, 3.63) is 36.0 Å². The third-order valence-corrected chi connectivity index (χ3v) is 4.29. The Balaban J connectivity index is 1.77. The van der Waals surface area contributed by atoms with Crippen LogP contribution in [0.1, 0.15) is 36.2 Å². The number of rotatable bonds is 2. The average molecular weight is 271 g/mol. The Bertz CT molecular complexity index is 624. The lowest BCUT2D eigenvalue weighted by Crippen LogP contribution is -2.40. The molecule has 4 nitrogen and oxygen atoms in total. The molecule has 1 amide bonds. The molecule has 0 unspecified atom stereocenters. The number of amides is 1. The fourth-order valence-corrected chi connectivity index (χ4v) is 3.03. The summed E-state index contributed by atoms with van der Waals surface area (Å²) in [5.74, 6) is 0.0178. The maximum absolute atomic E-state index is 12.4. The number of hydrogen-bond acceptors (Lipinski definition) is 2. The van der Waals surface area contributed by atoms with Crippen molar-refractivity contribution >= 4 is 16.8 Å². The second-order valence-electron chi connectivity index (χ2n) is 5.73. The largest absolute Gasteiger partial charge is 0.348 e. The maximum Gasteiger partial charge on any atom is 0.268 e. The summed E-state index contributed by atoms with van der Waals surface area (Å²) in [4.78, 5) is 12.4. The Kier molecular flexibility index (Phi) is 3.49. The minimum atomic E-state index is 0.0178. The topological polar surface area (TPSA) is 60.0 Å². The van der Waals surface area contributed by atoms with Crippen LogP contribution in [0, 0.1) is 0 Å². The minimum absolute atomic E-state index is 0.0178. The van der Waals surface area contributed by atoms with Gasteiger partial charge in [-0.25, -0.2) is 0 Å². The van der Waals surface area contributed by atoms with Crippen molar-refractivity contribution in [2.75, 3.05) is 0 Å². The van der Waals surface area contributed by atoms with E-state index in [1.165, 1.54) is 0 Å². The van der Waals surface area contributed by atoms with Crippen LogP contribution in [0.2, 0.25) is 0 Å². The summed E-state index contributed by atoms with van der Waals surface area (Å²) in [6, 6.07) is 10.6. The lowest BCUT2D eigenvalue weighted by Gasteiger charge is -2.26. The van der Waals surface area contributed by atoms with Crippen molar-refractivity contribution in [1.29, 1.82) is 0 Å². The quantitative estimate of drug-likeness (QED) is 0.879. The molecule has 1 aliphatic carbocycles. The molecule has 0 spiro atoms. The summed E-state index contributed by atoms with van der Waals surface area (Å²) in [7, 11) is 1.94. The van der Waals surface area contributed by atoms with Gasteiger partial charge in [-0.2, -0.15) is 0 Å². The van der Waals surface area contributed by atoms with Gasteiger partial charge in [-0.15, -0.1) is 0 Å². The van der Waals surface area contributed by atoms with Gasteiger partial charge < -0.3 is 15.6 Å². The van der Waals surface area contributed by atoms with Crippen molar-refractivity contribution in [3.63, 3.8) is 0 Å². The molecule has 3 rings (SSSR count). The molecule has 1 aromatic heterocycles. The zero-order valence-corrected chi connectivity index (χ0v) is 11.8. The van der Waals surface area contributed by atoms with Crippen LogP contribution in [0.3, 0.4) is 0 Å². The van der Waals surface area contributed by atoms with Crippen LogP contribution in [0.5, 0.6) is 0 Å². The lowest BCUT2D eigenvalue weighted by molar-refractivity contribution is 0.0918. The molecule has 2 aromatic rings. The number of nitrogens with one attached hydrogen (secondary N) is 1. The van der Waals surface area contributed by atoms with Gasteiger partial charge in [0.05, 0.1) is 0 Å². The van der Waals surface area contributed by atoms with Crippen LogP contribution >= 0.6 is 0 Å². The molecule has 1 fully saturated rings. The van der Waals surface area contributed by atoms with Gasteiger partial charge in [0.25, 0.3) is 5.91 Å². The van der Waals surface area contributed by atoms with Crippen molar-refractivity contribution in [2.24, 2.45) is 12.8 Å². The van der Waals surface area contributed by atoms with Crippen LogP contribution in [0.15, 0.2) is 30.3 Å². The van der Waals surface area contributed by atoms with Crippen LogP contribution in [0.25, 0.3) is 10.9 Å². The highest BCUT2D eigenvalue weighted by Gasteiger charge is 2.22. The summed E-state index contributed by atoms with van der Waals surface area (Å²) in [5, 5.41) is 4.24. The summed E-state index contributed by atoms with van der Waals surface area (Å²) in [6.07, 6.45) is 3.97. The number of nitrogens with two attached hydrogens (primary N) is 1. The minimum Gasteiger partial charge on any atom is -0.348 e. The second-order valence-corrected chi connectivity index (χ2v) is 5.73. The Labute approximate surface area is 118 Å². The highest BCUT2D eigenvalue weighted by Crippen LogP contribution is 2.20. The Morgan fingerprint density at radius 3 is 2.65 bits per heavy atom. The van der Waals surface area contributed by atoms with Gasteiger partial charge in [0, 0.05) is 30.0 Å². The molecular weight excluding hydrogens is 250 g/mol. The van der Waals surface area contributed by atoms with Crippen molar-refractivity contribution in [2.45, 2.75) is 37.8 Å². The van der Waals surface area contributed by atoms with Crippen LogP contribution in [0.4, 0.5) is 0 Å². The molecule has 106 valence electrons. The number of hydrogen-bond donors (Lipinski definition) is 2. The molecule has 0 bridgehead atoms. The predicted molar refractivity (Wildman–Crippen MR) is 80.6 cm³/mol. The fourth-order valence-electron chi connectivity index (χ4n) is 3.03. The molecule has 4 heteroatoms. The molecule has 0 saturated heterocycles. The molecule has 1 aromatic carbocycles. The van der Waals surface area contributed by atoms with E-state index in [1.54, 1.807) is 0 Å². The van der Waals surface area contributed by atoms with Gasteiger partial charge in [0.15, 0.2) is 0 Å². The van der Waals surface area contributed by atoms with E-state index < -0.39 is 0 Å². The van der Waals surface area contributed by atoms with E-state index in [4.69, 9.17) is 5.73 Å². The molecule has 1 saturated carbocycles. The van der Waals surface area contributed by atoms with E-state index >= 15 is 0 Å². The Morgan fingerprint density at radius 1 is 1.25 bits per heavy atom. The second kappa shape index (κ2) is 5.29. The zero-order chi connectivity index (χ0) is 14.1. The average Bonchev–Trinajstić information content (AvgIpc) is 2.79. The van der Waals surface area contributed by atoms with Gasteiger partial charge in [-0.1, -0.05) is 18.2 Å². The SMILES string of the molecule is Cn1c(C(=O)N[C@H]2CC[C@H](N)CC2)cc2ccccc21. The van der Waals surface area contributed by atoms with Gasteiger partial charge in [0.2, 0.25) is 0 Å². The first-order valence-corrected chi connectivity index (χ1v) is 7.26. The van der Waals surface area contributed by atoms with Crippen molar-refractivity contribution in [1.82, 2.24) is 9.88 Å². The van der Waals surface area contributed by atoms with E-state index in [1.807, 2.05) is 41.9 Å². The summed E-state index contributed by atoms with van der Waals surface area (Å²) < 4.78 is 1.96. The number of aryl methyl sites for hydroxylation is 1. The Hall–Kier alpha value is -1.81. The van der Waals surface area contributed by atoms with Gasteiger partial charge in [-0.05, 0) is 37.8 Å². The summed E-state index contributed by atoms with van der Waals surface area (Å²) >= 11 is 0. The lowest BCUT2D eigenvalue weighted by atomic mass is 9.92. The van der Waals surface area contributed by atoms with Gasteiger partial charge in [0.1, 0.15) is 5.69 Å². The molecule has 0 aliphatic heterocycles. The molecule has 0 atom stereocenters. The Morgan fingerprint density at radius 2 is 1.95 bits per heavy atom. The summed E-state index contributed by atoms with van der Waals surface area (Å²) in [5.41, 5.74) is 7.71. The van der Waals surface area contributed by atoms with Crippen LogP contribution in [-0.4, -0.2) is 22.6 Å². The normalized spacial score (nSPS) is 22.9. The number of carbonyl (C=O) groups excluding carboxylic acids is 1. The first-order valence-electron chi connectivity index (χ1n) is 7.26. The van der Waals surface area contributed by atoms with Gasteiger partial charge in [-0.3, -0.25) is 4.79 Å². The molecule has 0 radical (unpaired) electrons. The highest BCUT2D eigenvalue weighted by atomic mass is 16.2. The van der Waals surface area contributed by atoms with Crippen molar-refractivity contribution < 1.29 is 4.79 Å². The molecule has 20 heavy (non-hydrogen) atoms. The zero-order valence-electron chi connectivity index (χ0n) is 11.8. The molecular formula is C16H21N3O. The summed E-state index contributed by atoms with van der Waals surface area (Å²) in [6.45, 7) is 0. The number of aromatic nitrogens is 1. The first kappa shape index (κ1) is 13.2. The van der Waals surface area contributed by atoms with E-state index in [0.29, 0.717) is 6.04 Å².